The number of nitrogens with one attached hydrogen (secondary N) is 2. The molecule has 176 valence electrons. The molecule has 0 atom stereocenters. The molecule has 0 radical (unpaired) electrons. The smallest absolute Gasteiger partial charge is 0.272 e. The SMILES string of the molecule is COc1cc2c(Oc3ccc(OC4CCCCC4)cc3)c(C(=O)Nc3nn[nH]n3)sc2cc1C. The molecule has 1 fully saturated rings. The summed E-state index contributed by atoms with van der Waals surface area (Å²) in [4.78, 5) is 13.5. The molecule has 2 N–H and O–H groups in total. The second-order valence-electron chi connectivity index (χ2n) is 8.22. The summed E-state index contributed by atoms with van der Waals surface area (Å²) < 4.78 is 18.8. The Bertz CT molecular complexity index is 1280. The van der Waals surface area contributed by atoms with Gasteiger partial charge < -0.3 is 14.2 Å². The van der Waals surface area contributed by atoms with Gasteiger partial charge in [-0.3, -0.25) is 10.1 Å². The van der Waals surface area contributed by atoms with Crippen molar-refractivity contribution in [3.05, 3.63) is 46.8 Å². The lowest BCUT2D eigenvalue weighted by atomic mass is 9.98. The van der Waals surface area contributed by atoms with E-state index in [1.807, 2.05) is 43.3 Å². The molecule has 4 aromatic rings. The minimum absolute atomic E-state index is 0.0892. The molecule has 0 bridgehead atoms. The van der Waals surface area contributed by atoms with Crippen LogP contribution in [0.4, 0.5) is 5.95 Å². The topological polar surface area (TPSA) is 111 Å². The number of anilines is 1. The van der Waals surface area contributed by atoms with E-state index in [2.05, 4.69) is 25.9 Å². The van der Waals surface area contributed by atoms with Crippen LogP contribution in [0.1, 0.15) is 47.3 Å². The number of ether oxygens (including phenoxy) is 3. The zero-order valence-corrected chi connectivity index (χ0v) is 19.8. The van der Waals surface area contributed by atoms with Crippen molar-refractivity contribution in [2.45, 2.75) is 45.1 Å². The predicted octanol–water partition coefficient (Wildman–Crippen LogP) is 5.49. The van der Waals surface area contributed by atoms with Crippen LogP contribution in [0, 0.1) is 6.92 Å². The molecule has 1 amide bonds. The number of aryl methyl sites for hydroxylation is 1. The van der Waals surface area contributed by atoms with Gasteiger partial charge >= 0.3 is 0 Å². The third-order valence-corrected chi connectivity index (χ3v) is 6.97. The molecule has 0 aliphatic heterocycles. The van der Waals surface area contributed by atoms with Crippen molar-refractivity contribution in [1.29, 1.82) is 0 Å². The first-order valence-corrected chi connectivity index (χ1v) is 12.0. The highest BCUT2D eigenvalue weighted by Crippen LogP contribution is 2.43. The van der Waals surface area contributed by atoms with Crippen molar-refractivity contribution in [2.24, 2.45) is 0 Å². The van der Waals surface area contributed by atoms with E-state index < -0.39 is 0 Å². The number of rotatable bonds is 7. The number of tetrazole rings is 1. The van der Waals surface area contributed by atoms with Crippen LogP contribution in [0.5, 0.6) is 23.0 Å². The molecular weight excluding hydrogens is 454 g/mol. The number of H-pyrrole nitrogens is 1. The molecule has 2 aromatic carbocycles. The van der Waals surface area contributed by atoms with Crippen LogP contribution >= 0.6 is 11.3 Å². The standard InChI is InChI=1S/C24H25N5O4S/c1-14-12-20-18(13-19(14)31-2)21(22(34-20)23(30)25-24-26-28-29-27-24)33-17-10-8-16(9-11-17)32-15-6-4-3-5-7-15/h8-13,15H,3-7H2,1-2H3,(H2,25,26,27,28,29,30). The van der Waals surface area contributed by atoms with Gasteiger partial charge in [-0.2, -0.15) is 5.21 Å². The van der Waals surface area contributed by atoms with E-state index in [0.29, 0.717) is 16.4 Å². The van der Waals surface area contributed by atoms with Gasteiger partial charge in [0.1, 0.15) is 22.1 Å². The Hall–Kier alpha value is -3.66. The average Bonchev–Trinajstić information content (AvgIpc) is 3.48. The quantitative estimate of drug-likeness (QED) is 0.361. The van der Waals surface area contributed by atoms with Crippen molar-refractivity contribution < 1.29 is 19.0 Å². The van der Waals surface area contributed by atoms with Crippen LogP contribution in [0.15, 0.2) is 36.4 Å². The highest BCUT2D eigenvalue weighted by molar-refractivity contribution is 7.21. The molecular formula is C24H25N5O4S. The Balaban J connectivity index is 1.44. The van der Waals surface area contributed by atoms with E-state index in [1.165, 1.54) is 30.6 Å². The molecule has 9 nitrogen and oxygen atoms in total. The van der Waals surface area contributed by atoms with Crippen LogP contribution in [0.3, 0.4) is 0 Å². The number of fused-ring (bicyclic) bond motifs is 1. The maximum Gasteiger partial charge on any atom is 0.272 e. The van der Waals surface area contributed by atoms with Gasteiger partial charge in [0.25, 0.3) is 11.9 Å². The van der Waals surface area contributed by atoms with E-state index in [4.69, 9.17) is 14.2 Å². The minimum atomic E-state index is -0.383. The molecule has 0 saturated heterocycles. The summed E-state index contributed by atoms with van der Waals surface area (Å²) >= 11 is 1.33. The Morgan fingerprint density at radius 2 is 1.88 bits per heavy atom. The van der Waals surface area contributed by atoms with Gasteiger partial charge in [0, 0.05) is 10.1 Å². The number of nitrogens with zero attached hydrogens (tertiary/aromatic N) is 3. The maximum absolute atomic E-state index is 13.1. The monoisotopic (exact) mass is 479 g/mol. The summed E-state index contributed by atoms with van der Waals surface area (Å²) in [6.07, 6.45) is 6.19. The molecule has 5 rings (SSSR count). The third kappa shape index (κ3) is 4.67. The Kier molecular flexibility index (Phi) is 6.31. The number of thiophene rings is 1. The van der Waals surface area contributed by atoms with Gasteiger partial charge in [-0.25, -0.2) is 0 Å². The van der Waals surface area contributed by atoms with Crippen LogP contribution in [0.25, 0.3) is 10.1 Å². The fraction of sp³-hybridized carbons (Fsp3) is 0.333. The van der Waals surface area contributed by atoms with Crippen LogP contribution in [0.2, 0.25) is 0 Å². The summed E-state index contributed by atoms with van der Waals surface area (Å²) in [5.74, 6) is 2.29. The van der Waals surface area contributed by atoms with E-state index in [1.54, 1.807) is 7.11 Å². The highest BCUT2D eigenvalue weighted by Gasteiger charge is 2.23. The molecule has 2 heterocycles. The number of carbonyl (C=O) groups is 1. The molecule has 34 heavy (non-hydrogen) atoms. The van der Waals surface area contributed by atoms with E-state index in [9.17, 15) is 4.79 Å². The third-order valence-electron chi connectivity index (χ3n) is 5.84. The summed E-state index contributed by atoms with van der Waals surface area (Å²) in [5, 5.41) is 16.8. The van der Waals surface area contributed by atoms with Gasteiger partial charge in [-0.15, -0.1) is 16.4 Å². The first-order chi connectivity index (χ1) is 16.6. The second-order valence-corrected chi connectivity index (χ2v) is 9.27. The molecule has 0 unspecified atom stereocenters. The summed E-state index contributed by atoms with van der Waals surface area (Å²) in [5.41, 5.74) is 0.970. The summed E-state index contributed by atoms with van der Waals surface area (Å²) in [6, 6.07) is 11.4. The first kappa shape index (κ1) is 22.1. The molecule has 10 heteroatoms. The van der Waals surface area contributed by atoms with Crippen molar-refractivity contribution in [3.8, 4) is 23.0 Å². The van der Waals surface area contributed by atoms with Crippen LogP contribution in [-0.4, -0.2) is 39.7 Å². The molecule has 1 aliphatic rings. The number of aromatic nitrogens is 4. The fourth-order valence-electron chi connectivity index (χ4n) is 4.13. The number of methoxy groups -OCH3 is 1. The second kappa shape index (κ2) is 9.68. The van der Waals surface area contributed by atoms with Crippen molar-refractivity contribution in [2.75, 3.05) is 12.4 Å². The number of hydrogen-bond donors (Lipinski definition) is 2. The highest BCUT2D eigenvalue weighted by atomic mass is 32.1. The van der Waals surface area contributed by atoms with Crippen LogP contribution < -0.4 is 19.5 Å². The van der Waals surface area contributed by atoms with Gasteiger partial charge in [0.2, 0.25) is 0 Å². The zero-order valence-electron chi connectivity index (χ0n) is 19.0. The van der Waals surface area contributed by atoms with Crippen molar-refractivity contribution in [1.82, 2.24) is 20.6 Å². The number of hydrogen-bond acceptors (Lipinski definition) is 8. The Labute approximate surface area is 200 Å². The number of aromatic amines is 1. The lowest BCUT2D eigenvalue weighted by molar-refractivity contribution is 0.102. The molecule has 1 saturated carbocycles. The molecule has 1 aliphatic carbocycles. The van der Waals surface area contributed by atoms with Crippen LogP contribution in [-0.2, 0) is 0 Å². The van der Waals surface area contributed by atoms with Gasteiger partial charge in [-0.05, 0) is 79.8 Å². The van der Waals surface area contributed by atoms with E-state index in [0.717, 1.165) is 40.0 Å². The van der Waals surface area contributed by atoms with Crippen molar-refractivity contribution in [3.63, 3.8) is 0 Å². The van der Waals surface area contributed by atoms with Gasteiger partial charge in [0.15, 0.2) is 5.75 Å². The summed E-state index contributed by atoms with van der Waals surface area (Å²) in [6.45, 7) is 1.96. The maximum atomic E-state index is 13.1. The van der Waals surface area contributed by atoms with Gasteiger partial charge in [0.05, 0.1) is 13.2 Å². The average molecular weight is 480 g/mol. The minimum Gasteiger partial charge on any atom is -0.496 e. The Morgan fingerprint density at radius 3 is 2.59 bits per heavy atom. The normalized spacial score (nSPS) is 14.2. The Morgan fingerprint density at radius 1 is 1.12 bits per heavy atom. The van der Waals surface area contributed by atoms with Gasteiger partial charge in [-0.1, -0.05) is 11.5 Å². The number of carbonyl (C=O) groups excluding carboxylic acids is 1. The molecule has 0 spiro atoms. The summed E-state index contributed by atoms with van der Waals surface area (Å²) in [7, 11) is 1.62. The first-order valence-electron chi connectivity index (χ1n) is 11.2. The fourth-order valence-corrected chi connectivity index (χ4v) is 5.23. The number of amides is 1. The molecule has 2 aromatic heterocycles. The number of benzene rings is 2. The van der Waals surface area contributed by atoms with E-state index >= 15 is 0 Å². The lowest BCUT2D eigenvalue weighted by Gasteiger charge is -2.23. The zero-order chi connectivity index (χ0) is 23.5. The van der Waals surface area contributed by atoms with Crippen molar-refractivity contribution >= 4 is 33.3 Å². The lowest BCUT2D eigenvalue weighted by Crippen LogP contribution is -2.19. The predicted molar refractivity (Wildman–Crippen MR) is 129 cm³/mol. The van der Waals surface area contributed by atoms with E-state index in [-0.39, 0.29) is 18.0 Å². The largest absolute Gasteiger partial charge is 0.496 e.